The summed E-state index contributed by atoms with van der Waals surface area (Å²) in [4.78, 5) is 11.2. The van der Waals surface area contributed by atoms with Gasteiger partial charge < -0.3 is 20.5 Å². The van der Waals surface area contributed by atoms with Crippen molar-refractivity contribution in [2.24, 2.45) is 0 Å². The molecule has 2 aromatic carbocycles. The molecule has 3 N–H and O–H groups in total. The van der Waals surface area contributed by atoms with E-state index in [2.05, 4.69) is 5.32 Å². The van der Waals surface area contributed by atoms with Gasteiger partial charge in [0.25, 0.3) is 0 Å². The van der Waals surface area contributed by atoms with Gasteiger partial charge in [0.1, 0.15) is 18.1 Å². The average Bonchev–Trinajstić information content (AvgIpc) is 2.46. The minimum absolute atomic E-state index is 0.146. The first kappa shape index (κ1) is 14.7. The molecule has 0 fully saturated rings. The number of amides is 1. The van der Waals surface area contributed by atoms with Crippen LogP contribution in [0.2, 0.25) is 0 Å². The van der Waals surface area contributed by atoms with Crippen LogP contribution in [0, 0.1) is 0 Å². The number of rotatable bonds is 5. The molecule has 0 saturated carbocycles. The average molecular weight is 286 g/mol. The number of methoxy groups -OCH3 is 1. The van der Waals surface area contributed by atoms with E-state index in [-0.39, 0.29) is 5.91 Å². The van der Waals surface area contributed by atoms with Gasteiger partial charge in [-0.3, -0.25) is 4.79 Å². The summed E-state index contributed by atoms with van der Waals surface area (Å²) in [6, 6.07) is 12.6. The van der Waals surface area contributed by atoms with Gasteiger partial charge in [-0.15, -0.1) is 0 Å². The van der Waals surface area contributed by atoms with Crippen molar-refractivity contribution in [2.45, 2.75) is 13.5 Å². The summed E-state index contributed by atoms with van der Waals surface area (Å²) in [6.45, 7) is 1.75. The number of nitrogens with two attached hydrogens (primary N) is 1. The van der Waals surface area contributed by atoms with E-state index >= 15 is 0 Å². The summed E-state index contributed by atoms with van der Waals surface area (Å²) in [5.74, 6) is 1.16. The molecule has 0 saturated heterocycles. The Balaban J connectivity index is 2.17. The maximum atomic E-state index is 11.2. The highest BCUT2D eigenvalue weighted by Crippen LogP contribution is 2.27. The predicted octanol–water partition coefficient (Wildman–Crippen LogP) is 2.81. The maximum absolute atomic E-state index is 11.2. The smallest absolute Gasteiger partial charge is 0.221 e. The fourth-order valence-corrected chi connectivity index (χ4v) is 1.95. The van der Waals surface area contributed by atoms with E-state index in [9.17, 15) is 4.79 Å². The van der Waals surface area contributed by atoms with E-state index in [4.69, 9.17) is 15.2 Å². The number of hydrogen-bond donors (Lipinski definition) is 2. The van der Waals surface area contributed by atoms with Crippen molar-refractivity contribution in [1.82, 2.24) is 0 Å². The van der Waals surface area contributed by atoms with Crippen LogP contribution < -0.4 is 20.5 Å². The van der Waals surface area contributed by atoms with Crippen LogP contribution in [-0.2, 0) is 11.4 Å². The number of benzene rings is 2. The zero-order valence-corrected chi connectivity index (χ0v) is 12.1. The molecule has 110 valence electrons. The molecule has 0 spiro atoms. The monoisotopic (exact) mass is 286 g/mol. The van der Waals surface area contributed by atoms with Crippen LogP contribution in [-0.4, -0.2) is 13.0 Å². The van der Waals surface area contributed by atoms with E-state index in [1.165, 1.54) is 6.92 Å². The highest BCUT2D eigenvalue weighted by molar-refractivity contribution is 5.90. The molecule has 0 aliphatic heterocycles. The number of para-hydroxylation sites is 2. The van der Waals surface area contributed by atoms with Gasteiger partial charge in [0.15, 0.2) is 0 Å². The third-order valence-electron chi connectivity index (χ3n) is 2.89. The zero-order valence-electron chi connectivity index (χ0n) is 12.1. The van der Waals surface area contributed by atoms with Crippen LogP contribution in [0.25, 0.3) is 0 Å². The maximum Gasteiger partial charge on any atom is 0.221 e. The van der Waals surface area contributed by atoms with Gasteiger partial charge in [-0.05, 0) is 30.3 Å². The lowest BCUT2D eigenvalue weighted by Gasteiger charge is -2.13. The number of hydrogen-bond acceptors (Lipinski definition) is 4. The van der Waals surface area contributed by atoms with Crippen molar-refractivity contribution in [2.75, 3.05) is 18.2 Å². The summed E-state index contributed by atoms with van der Waals surface area (Å²) < 4.78 is 11.0. The molecule has 2 rings (SSSR count). The van der Waals surface area contributed by atoms with Gasteiger partial charge in [-0.2, -0.15) is 0 Å². The van der Waals surface area contributed by atoms with Crippen LogP contribution >= 0.6 is 0 Å². The Morgan fingerprint density at radius 3 is 2.67 bits per heavy atom. The van der Waals surface area contributed by atoms with E-state index in [1.807, 2.05) is 12.1 Å². The Morgan fingerprint density at radius 2 is 1.95 bits per heavy atom. The Hall–Kier alpha value is -2.69. The number of carbonyl (C=O) groups is 1. The molecule has 0 bridgehead atoms. The van der Waals surface area contributed by atoms with E-state index in [0.717, 1.165) is 5.56 Å². The van der Waals surface area contributed by atoms with Crippen molar-refractivity contribution in [1.29, 1.82) is 0 Å². The van der Waals surface area contributed by atoms with E-state index in [0.29, 0.717) is 29.5 Å². The molecule has 0 aromatic heterocycles. The number of nitrogens with one attached hydrogen (secondary N) is 1. The van der Waals surface area contributed by atoms with Crippen molar-refractivity contribution in [3.63, 3.8) is 0 Å². The molecule has 5 nitrogen and oxygen atoms in total. The molecule has 1 amide bonds. The second kappa shape index (κ2) is 6.65. The second-order valence-corrected chi connectivity index (χ2v) is 4.54. The SMILES string of the molecule is COc1ccc(N)cc1COc1ccccc1NC(C)=O. The van der Waals surface area contributed by atoms with Crippen molar-refractivity contribution < 1.29 is 14.3 Å². The summed E-state index contributed by atoms with van der Waals surface area (Å²) in [5.41, 5.74) is 7.90. The zero-order chi connectivity index (χ0) is 15.2. The molecule has 0 unspecified atom stereocenters. The first-order chi connectivity index (χ1) is 10.1. The van der Waals surface area contributed by atoms with Crippen LogP contribution in [0.1, 0.15) is 12.5 Å². The standard InChI is InChI=1S/C16H18N2O3/c1-11(19)18-14-5-3-4-6-16(14)21-10-12-9-13(17)7-8-15(12)20-2/h3-9H,10,17H2,1-2H3,(H,18,19). The van der Waals surface area contributed by atoms with Gasteiger partial charge >= 0.3 is 0 Å². The topological polar surface area (TPSA) is 73.6 Å². The molecule has 5 heteroatoms. The lowest BCUT2D eigenvalue weighted by Crippen LogP contribution is -2.08. The van der Waals surface area contributed by atoms with Crippen LogP contribution in [0.4, 0.5) is 11.4 Å². The van der Waals surface area contributed by atoms with Gasteiger partial charge in [-0.1, -0.05) is 12.1 Å². The van der Waals surface area contributed by atoms with Gasteiger partial charge in [0, 0.05) is 18.2 Å². The molecular formula is C16H18N2O3. The highest BCUT2D eigenvalue weighted by atomic mass is 16.5. The number of carbonyl (C=O) groups excluding carboxylic acids is 1. The lowest BCUT2D eigenvalue weighted by atomic mass is 10.2. The molecule has 0 aliphatic carbocycles. The Morgan fingerprint density at radius 1 is 1.19 bits per heavy atom. The molecule has 0 atom stereocenters. The van der Waals surface area contributed by atoms with Crippen LogP contribution in [0.3, 0.4) is 0 Å². The summed E-state index contributed by atoms with van der Waals surface area (Å²) >= 11 is 0. The molecule has 0 radical (unpaired) electrons. The Labute approximate surface area is 123 Å². The first-order valence-electron chi connectivity index (χ1n) is 6.52. The molecular weight excluding hydrogens is 268 g/mol. The van der Waals surface area contributed by atoms with Crippen molar-refractivity contribution >= 4 is 17.3 Å². The third kappa shape index (κ3) is 3.89. The first-order valence-corrected chi connectivity index (χ1v) is 6.52. The Bertz CT molecular complexity index is 641. The van der Waals surface area contributed by atoms with Crippen LogP contribution in [0.5, 0.6) is 11.5 Å². The largest absolute Gasteiger partial charge is 0.496 e. The number of anilines is 2. The molecule has 0 heterocycles. The van der Waals surface area contributed by atoms with Gasteiger partial charge in [0.2, 0.25) is 5.91 Å². The normalized spacial score (nSPS) is 10.0. The predicted molar refractivity (Wildman–Crippen MR) is 82.5 cm³/mol. The molecule has 2 aromatic rings. The van der Waals surface area contributed by atoms with Crippen molar-refractivity contribution in [3.8, 4) is 11.5 Å². The summed E-state index contributed by atoms with van der Waals surface area (Å²) in [6.07, 6.45) is 0. The summed E-state index contributed by atoms with van der Waals surface area (Å²) in [5, 5.41) is 2.73. The lowest BCUT2D eigenvalue weighted by molar-refractivity contribution is -0.114. The van der Waals surface area contributed by atoms with E-state index < -0.39 is 0 Å². The highest BCUT2D eigenvalue weighted by Gasteiger charge is 2.08. The van der Waals surface area contributed by atoms with Gasteiger partial charge in [0.05, 0.1) is 12.8 Å². The van der Waals surface area contributed by atoms with Gasteiger partial charge in [-0.25, -0.2) is 0 Å². The third-order valence-corrected chi connectivity index (χ3v) is 2.89. The number of ether oxygens (including phenoxy) is 2. The van der Waals surface area contributed by atoms with Crippen LogP contribution in [0.15, 0.2) is 42.5 Å². The van der Waals surface area contributed by atoms with E-state index in [1.54, 1.807) is 37.4 Å². The fraction of sp³-hybridized carbons (Fsp3) is 0.188. The number of nitrogen functional groups attached to an aromatic ring is 1. The van der Waals surface area contributed by atoms with Crippen molar-refractivity contribution in [3.05, 3.63) is 48.0 Å². The Kier molecular flexibility index (Phi) is 4.66. The quantitative estimate of drug-likeness (QED) is 0.829. The molecule has 21 heavy (non-hydrogen) atoms. The molecule has 0 aliphatic rings. The second-order valence-electron chi connectivity index (χ2n) is 4.54. The minimum atomic E-state index is -0.146. The minimum Gasteiger partial charge on any atom is -0.496 e. The summed E-state index contributed by atoms with van der Waals surface area (Å²) in [7, 11) is 1.60. The fourth-order valence-electron chi connectivity index (χ4n) is 1.95.